The maximum Gasteiger partial charge on any atom is 0.213 e. The highest BCUT2D eigenvalue weighted by Crippen LogP contribution is 2.13. The Bertz CT molecular complexity index is 559. The van der Waals surface area contributed by atoms with Gasteiger partial charge in [0.15, 0.2) is 0 Å². The van der Waals surface area contributed by atoms with E-state index in [1.807, 2.05) is 20.9 Å². The molecule has 1 unspecified atom stereocenters. The summed E-state index contributed by atoms with van der Waals surface area (Å²) in [5.74, 6) is 0.158. The van der Waals surface area contributed by atoms with Crippen LogP contribution in [0.3, 0.4) is 0 Å². The molecule has 2 N–H and O–H groups in total. The molecule has 20 heavy (non-hydrogen) atoms. The molecule has 7 heteroatoms. The molecule has 1 aliphatic heterocycles. The van der Waals surface area contributed by atoms with E-state index >= 15 is 0 Å². The van der Waals surface area contributed by atoms with Crippen molar-refractivity contribution in [2.75, 3.05) is 12.3 Å². The fourth-order valence-corrected chi connectivity index (χ4v) is 3.94. The Labute approximate surface area is 121 Å². The average molecular weight is 300 g/mol. The van der Waals surface area contributed by atoms with Gasteiger partial charge in [0, 0.05) is 30.9 Å². The van der Waals surface area contributed by atoms with E-state index in [0.29, 0.717) is 6.54 Å². The highest BCUT2D eigenvalue weighted by atomic mass is 32.2. The van der Waals surface area contributed by atoms with Gasteiger partial charge in [0.1, 0.15) is 0 Å². The summed E-state index contributed by atoms with van der Waals surface area (Å²) in [5.41, 5.74) is 2.84. The first kappa shape index (κ1) is 15.5. The van der Waals surface area contributed by atoms with Crippen molar-refractivity contribution in [2.24, 2.45) is 7.05 Å². The molecule has 1 atom stereocenters. The molecule has 1 aromatic heterocycles. The molecule has 114 valence electrons. The summed E-state index contributed by atoms with van der Waals surface area (Å²) in [4.78, 5) is 0. The molecule has 0 spiro atoms. The summed E-state index contributed by atoms with van der Waals surface area (Å²) in [6, 6.07) is 0.0809. The summed E-state index contributed by atoms with van der Waals surface area (Å²) in [5, 5.41) is 7.56. The highest BCUT2D eigenvalue weighted by molar-refractivity contribution is 7.89. The first-order chi connectivity index (χ1) is 9.39. The average Bonchev–Trinajstić information content (AvgIpc) is 2.62. The second-order valence-electron chi connectivity index (χ2n) is 5.52. The number of nitrogens with one attached hydrogen (secondary N) is 2. The van der Waals surface area contributed by atoms with E-state index in [2.05, 4.69) is 15.1 Å². The van der Waals surface area contributed by atoms with Crippen molar-refractivity contribution in [3.05, 3.63) is 17.0 Å². The maximum absolute atomic E-state index is 12.1. The van der Waals surface area contributed by atoms with Crippen molar-refractivity contribution in [2.45, 2.75) is 45.7 Å². The Balaban J connectivity index is 1.94. The molecule has 0 saturated carbocycles. The van der Waals surface area contributed by atoms with Crippen molar-refractivity contribution in [1.82, 2.24) is 19.8 Å². The van der Waals surface area contributed by atoms with Gasteiger partial charge in [-0.3, -0.25) is 4.68 Å². The highest BCUT2D eigenvalue weighted by Gasteiger charge is 2.21. The van der Waals surface area contributed by atoms with Crippen molar-refractivity contribution in [3.8, 4) is 0 Å². The van der Waals surface area contributed by atoms with Crippen LogP contribution in [0.25, 0.3) is 0 Å². The van der Waals surface area contributed by atoms with Gasteiger partial charge in [0.25, 0.3) is 0 Å². The Kier molecular flexibility index (Phi) is 4.82. The van der Waals surface area contributed by atoms with Crippen LogP contribution in [-0.2, 0) is 23.6 Å². The van der Waals surface area contributed by atoms with Crippen LogP contribution in [0, 0.1) is 13.8 Å². The van der Waals surface area contributed by atoms with E-state index in [1.165, 1.54) is 0 Å². The smallest absolute Gasteiger partial charge is 0.213 e. The quantitative estimate of drug-likeness (QED) is 0.835. The minimum Gasteiger partial charge on any atom is -0.313 e. The molecule has 1 fully saturated rings. The van der Waals surface area contributed by atoms with Crippen LogP contribution < -0.4 is 10.0 Å². The number of sulfonamides is 1. The molecule has 1 aliphatic rings. The number of nitrogens with zero attached hydrogens (tertiary/aromatic N) is 2. The topological polar surface area (TPSA) is 76.0 Å². The third-order valence-electron chi connectivity index (χ3n) is 3.96. The number of piperidine rings is 1. The van der Waals surface area contributed by atoms with Crippen LogP contribution in [0.2, 0.25) is 0 Å². The summed E-state index contributed by atoms with van der Waals surface area (Å²) < 4.78 is 28.7. The van der Waals surface area contributed by atoms with Gasteiger partial charge in [-0.2, -0.15) is 5.10 Å². The first-order valence-corrected chi connectivity index (χ1v) is 8.74. The van der Waals surface area contributed by atoms with Gasteiger partial charge in [0.2, 0.25) is 10.0 Å². The van der Waals surface area contributed by atoms with Gasteiger partial charge in [0.05, 0.1) is 11.4 Å². The predicted octanol–water partition coefficient (Wildman–Crippen LogP) is 0.598. The van der Waals surface area contributed by atoms with E-state index in [9.17, 15) is 8.42 Å². The Morgan fingerprint density at radius 3 is 2.70 bits per heavy atom. The monoisotopic (exact) mass is 300 g/mol. The standard InChI is InChI=1S/C13H24N4O2S/c1-10-13(11(2)17(3)16-10)8-15-20(18,19)9-12-6-4-5-7-14-12/h12,14-15H,4-9H2,1-3H3. The van der Waals surface area contributed by atoms with E-state index < -0.39 is 10.0 Å². The van der Waals surface area contributed by atoms with Crippen molar-refractivity contribution < 1.29 is 8.42 Å². The van der Waals surface area contributed by atoms with Gasteiger partial charge in [-0.25, -0.2) is 13.1 Å². The van der Waals surface area contributed by atoms with Crippen molar-refractivity contribution in [1.29, 1.82) is 0 Å². The summed E-state index contributed by atoms with van der Waals surface area (Å²) in [6.45, 7) is 5.09. The molecule has 1 aromatic rings. The molecule has 0 radical (unpaired) electrons. The molecule has 0 aromatic carbocycles. The molecular weight excluding hydrogens is 276 g/mol. The lowest BCUT2D eigenvalue weighted by atomic mass is 10.1. The van der Waals surface area contributed by atoms with E-state index in [4.69, 9.17) is 0 Å². The zero-order valence-electron chi connectivity index (χ0n) is 12.4. The lowest BCUT2D eigenvalue weighted by Crippen LogP contribution is -2.42. The van der Waals surface area contributed by atoms with Gasteiger partial charge in [-0.1, -0.05) is 6.42 Å². The summed E-state index contributed by atoms with van der Waals surface area (Å²) in [7, 11) is -1.39. The molecule has 0 aliphatic carbocycles. The second-order valence-corrected chi connectivity index (χ2v) is 7.37. The molecule has 0 amide bonds. The van der Waals surface area contributed by atoms with Crippen LogP contribution in [0.5, 0.6) is 0 Å². The number of aryl methyl sites for hydroxylation is 2. The van der Waals surface area contributed by atoms with Crippen LogP contribution in [0.1, 0.15) is 36.2 Å². The molecule has 2 heterocycles. The molecule has 0 bridgehead atoms. The van der Waals surface area contributed by atoms with E-state index in [0.717, 1.165) is 42.8 Å². The second kappa shape index (κ2) is 6.24. The fraction of sp³-hybridized carbons (Fsp3) is 0.769. The predicted molar refractivity (Wildman–Crippen MR) is 79.0 cm³/mol. The zero-order chi connectivity index (χ0) is 14.8. The lowest BCUT2D eigenvalue weighted by molar-refractivity contribution is 0.422. The third-order valence-corrected chi connectivity index (χ3v) is 5.39. The summed E-state index contributed by atoms with van der Waals surface area (Å²) >= 11 is 0. The van der Waals surface area contributed by atoms with Crippen LogP contribution >= 0.6 is 0 Å². The molecule has 2 rings (SSSR count). The SMILES string of the molecule is Cc1nn(C)c(C)c1CNS(=O)(=O)CC1CCCCN1. The van der Waals surface area contributed by atoms with Crippen molar-refractivity contribution in [3.63, 3.8) is 0 Å². The number of hydrogen-bond acceptors (Lipinski definition) is 4. The van der Waals surface area contributed by atoms with Crippen LogP contribution in [0.15, 0.2) is 0 Å². The van der Waals surface area contributed by atoms with E-state index in [-0.39, 0.29) is 11.8 Å². The molecule has 1 saturated heterocycles. The van der Waals surface area contributed by atoms with E-state index in [1.54, 1.807) is 4.68 Å². The number of rotatable bonds is 5. The first-order valence-electron chi connectivity index (χ1n) is 7.09. The third kappa shape index (κ3) is 3.80. The Morgan fingerprint density at radius 1 is 1.40 bits per heavy atom. The Morgan fingerprint density at radius 2 is 2.15 bits per heavy atom. The fourth-order valence-electron chi connectivity index (χ4n) is 2.65. The lowest BCUT2D eigenvalue weighted by Gasteiger charge is -2.23. The summed E-state index contributed by atoms with van der Waals surface area (Å²) in [6.07, 6.45) is 3.18. The van der Waals surface area contributed by atoms with Crippen LogP contribution in [-0.4, -0.2) is 36.5 Å². The van der Waals surface area contributed by atoms with Gasteiger partial charge >= 0.3 is 0 Å². The number of hydrogen-bond donors (Lipinski definition) is 2. The van der Waals surface area contributed by atoms with Crippen molar-refractivity contribution >= 4 is 10.0 Å². The Hall–Kier alpha value is -0.920. The normalized spacial score (nSPS) is 20.2. The maximum atomic E-state index is 12.1. The van der Waals surface area contributed by atoms with Gasteiger partial charge in [-0.15, -0.1) is 0 Å². The van der Waals surface area contributed by atoms with Gasteiger partial charge < -0.3 is 5.32 Å². The minimum atomic E-state index is -3.25. The molecule has 6 nitrogen and oxygen atoms in total. The minimum absolute atomic E-state index is 0.0809. The largest absolute Gasteiger partial charge is 0.313 e. The van der Waals surface area contributed by atoms with Crippen LogP contribution in [0.4, 0.5) is 0 Å². The molecular formula is C13H24N4O2S. The zero-order valence-corrected chi connectivity index (χ0v) is 13.3. The number of aromatic nitrogens is 2. The van der Waals surface area contributed by atoms with Gasteiger partial charge in [-0.05, 0) is 33.2 Å².